The van der Waals surface area contributed by atoms with Crippen LogP contribution in [0.5, 0.6) is 5.75 Å². The minimum absolute atomic E-state index is 0.0255. The van der Waals surface area contributed by atoms with Crippen LogP contribution in [0, 0.1) is 0 Å². The number of carbonyl (C=O) groups excluding carboxylic acids is 1. The van der Waals surface area contributed by atoms with Crippen LogP contribution in [0.25, 0.3) is 0 Å². The molecular weight excluding hydrogens is 309 g/mol. The molecule has 2 rings (SSSR count). The Bertz CT molecular complexity index is 676. The van der Waals surface area contributed by atoms with Crippen LogP contribution in [-0.2, 0) is 11.3 Å². The van der Waals surface area contributed by atoms with Gasteiger partial charge in [-0.15, -0.1) is 0 Å². The summed E-state index contributed by atoms with van der Waals surface area (Å²) in [6, 6.07) is 15.1. The molecule has 3 nitrogen and oxygen atoms in total. The predicted octanol–water partition coefficient (Wildman–Crippen LogP) is 4.50. The Morgan fingerprint density at radius 2 is 1.61 bits per heavy atom. The average Bonchev–Trinajstić information content (AvgIpc) is 2.53. The van der Waals surface area contributed by atoms with Gasteiger partial charge in [0, 0.05) is 0 Å². The van der Waals surface area contributed by atoms with Crippen LogP contribution in [0.15, 0.2) is 66.9 Å². The molecule has 0 spiro atoms. The molecule has 23 heavy (non-hydrogen) atoms. The van der Waals surface area contributed by atoms with Crippen LogP contribution in [0.2, 0.25) is 0 Å². The molecule has 0 N–H and O–H groups in total. The van der Waals surface area contributed by atoms with Crippen molar-refractivity contribution < 1.29 is 27.4 Å². The molecule has 0 bridgehead atoms. The summed E-state index contributed by atoms with van der Waals surface area (Å²) in [4.78, 5) is 11.6. The van der Waals surface area contributed by atoms with Gasteiger partial charge in [-0.25, -0.2) is 4.79 Å². The number of carbonyl (C=O) groups is 1. The van der Waals surface area contributed by atoms with Crippen LogP contribution in [-0.4, -0.2) is 12.1 Å². The van der Waals surface area contributed by atoms with Crippen LogP contribution < -0.4 is 4.74 Å². The quantitative estimate of drug-likeness (QED) is 0.601. The fourth-order valence-corrected chi connectivity index (χ4v) is 1.66. The van der Waals surface area contributed by atoms with Crippen LogP contribution >= 0.6 is 0 Å². The van der Waals surface area contributed by atoms with E-state index in [0.717, 1.165) is 5.56 Å². The number of benzene rings is 2. The molecule has 0 aromatic heterocycles. The van der Waals surface area contributed by atoms with E-state index in [-0.39, 0.29) is 5.56 Å². The molecule has 120 valence electrons. The van der Waals surface area contributed by atoms with Crippen molar-refractivity contribution in [2.45, 2.75) is 12.8 Å². The molecule has 0 radical (unpaired) electrons. The lowest BCUT2D eigenvalue weighted by atomic mass is 10.2. The number of halogens is 3. The van der Waals surface area contributed by atoms with E-state index >= 15 is 0 Å². The van der Waals surface area contributed by atoms with Crippen molar-refractivity contribution in [3.63, 3.8) is 0 Å². The molecule has 2 aromatic carbocycles. The molecule has 0 aliphatic heterocycles. The number of hydrogen-bond donors (Lipinski definition) is 0. The number of rotatable bonds is 5. The molecule has 0 aliphatic carbocycles. The van der Waals surface area contributed by atoms with Gasteiger partial charge >= 0.3 is 12.1 Å². The normalized spacial score (nSPS) is 10.9. The van der Waals surface area contributed by atoms with Gasteiger partial charge in [-0.2, -0.15) is 13.2 Å². The van der Waals surface area contributed by atoms with Gasteiger partial charge < -0.3 is 9.47 Å². The van der Waals surface area contributed by atoms with Crippen molar-refractivity contribution in [2.24, 2.45) is 0 Å². The molecule has 0 amide bonds. The first-order valence-electron chi connectivity index (χ1n) is 6.61. The van der Waals surface area contributed by atoms with Gasteiger partial charge in [0.25, 0.3) is 0 Å². The maximum absolute atomic E-state index is 12.3. The molecule has 0 unspecified atom stereocenters. The standard InChI is InChI=1S/C17H13F3O3/c1-12(17(18,19)20)23-16(21)14-7-9-15(10-8-14)22-11-13-5-3-2-4-6-13/h2-10H,1,11H2. The average molecular weight is 322 g/mol. The van der Waals surface area contributed by atoms with Gasteiger partial charge in [0.05, 0.1) is 5.56 Å². The van der Waals surface area contributed by atoms with Crippen molar-refractivity contribution in [1.82, 2.24) is 0 Å². The molecule has 0 heterocycles. The van der Waals surface area contributed by atoms with Crippen molar-refractivity contribution in [1.29, 1.82) is 0 Å². The maximum atomic E-state index is 12.3. The minimum Gasteiger partial charge on any atom is -0.489 e. The smallest absolute Gasteiger partial charge is 0.449 e. The second-order valence-corrected chi connectivity index (χ2v) is 4.61. The van der Waals surface area contributed by atoms with E-state index in [1.165, 1.54) is 24.3 Å². The Hall–Kier alpha value is -2.76. The molecule has 0 fully saturated rings. The molecule has 6 heteroatoms. The lowest BCUT2D eigenvalue weighted by Gasteiger charge is -2.10. The van der Waals surface area contributed by atoms with E-state index in [1.807, 2.05) is 30.3 Å². The topological polar surface area (TPSA) is 35.5 Å². The van der Waals surface area contributed by atoms with Crippen LogP contribution in [0.4, 0.5) is 13.2 Å². The van der Waals surface area contributed by atoms with Crippen molar-refractivity contribution in [3.05, 3.63) is 78.1 Å². The number of hydrogen-bond acceptors (Lipinski definition) is 3. The highest BCUT2D eigenvalue weighted by atomic mass is 19.4. The number of allylic oxidation sites excluding steroid dienone is 1. The summed E-state index contributed by atoms with van der Waals surface area (Å²) in [5, 5.41) is 0. The lowest BCUT2D eigenvalue weighted by Crippen LogP contribution is -2.17. The van der Waals surface area contributed by atoms with Crippen molar-refractivity contribution in [3.8, 4) is 5.75 Å². The first-order valence-corrected chi connectivity index (χ1v) is 6.61. The zero-order valence-corrected chi connectivity index (χ0v) is 12.0. The summed E-state index contributed by atoms with van der Waals surface area (Å²) in [7, 11) is 0. The Morgan fingerprint density at radius 1 is 1.00 bits per heavy atom. The van der Waals surface area contributed by atoms with Gasteiger partial charge in [0.15, 0.2) is 0 Å². The van der Waals surface area contributed by atoms with Gasteiger partial charge in [-0.1, -0.05) is 36.9 Å². The summed E-state index contributed by atoms with van der Waals surface area (Å²) < 4.78 is 46.4. The van der Waals surface area contributed by atoms with E-state index in [9.17, 15) is 18.0 Å². The summed E-state index contributed by atoms with van der Waals surface area (Å²) in [5.41, 5.74) is 0.944. The van der Waals surface area contributed by atoms with E-state index in [2.05, 4.69) is 11.3 Å². The lowest BCUT2D eigenvalue weighted by molar-refractivity contribution is -0.122. The van der Waals surface area contributed by atoms with Gasteiger partial charge in [-0.05, 0) is 29.8 Å². The third kappa shape index (κ3) is 4.88. The summed E-state index contributed by atoms with van der Waals surface area (Å²) in [6.45, 7) is 3.02. The summed E-state index contributed by atoms with van der Waals surface area (Å²) in [6.07, 6.45) is -4.77. The number of esters is 1. The zero-order valence-electron chi connectivity index (χ0n) is 12.0. The third-order valence-electron chi connectivity index (χ3n) is 2.87. The summed E-state index contributed by atoms with van der Waals surface area (Å²) >= 11 is 0. The maximum Gasteiger partial charge on any atom is 0.449 e. The van der Waals surface area contributed by atoms with Gasteiger partial charge in [0.2, 0.25) is 5.76 Å². The Balaban J connectivity index is 1.94. The highest BCUT2D eigenvalue weighted by molar-refractivity contribution is 5.90. The monoisotopic (exact) mass is 322 g/mol. The largest absolute Gasteiger partial charge is 0.489 e. The highest BCUT2D eigenvalue weighted by Crippen LogP contribution is 2.26. The van der Waals surface area contributed by atoms with Crippen molar-refractivity contribution in [2.75, 3.05) is 0 Å². The second-order valence-electron chi connectivity index (χ2n) is 4.61. The Kier molecular flexibility index (Phi) is 5.05. The molecule has 0 atom stereocenters. The highest BCUT2D eigenvalue weighted by Gasteiger charge is 2.35. The third-order valence-corrected chi connectivity index (χ3v) is 2.87. The zero-order chi connectivity index (χ0) is 16.9. The van der Waals surface area contributed by atoms with E-state index < -0.39 is 17.9 Å². The molecule has 0 aliphatic rings. The second kappa shape index (κ2) is 7.00. The minimum atomic E-state index is -4.77. The van der Waals surface area contributed by atoms with Crippen molar-refractivity contribution >= 4 is 5.97 Å². The first kappa shape index (κ1) is 16.6. The summed E-state index contributed by atoms with van der Waals surface area (Å²) in [5.74, 6) is -2.19. The molecule has 0 saturated carbocycles. The Labute approximate surface area is 131 Å². The Morgan fingerprint density at radius 3 is 2.17 bits per heavy atom. The fraction of sp³-hybridized carbons (Fsp3) is 0.118. The van der Waals surface area contributed by atoms with Crippen LogP contribution in [0.3, 0.4) is 0 Å². The predicted molar refractivity (Wildman–Crippen MR) is 77.8 cm³/mol. The molecular formula is C17H13F3O3. The van der Waals surface area contributed by atoms with Gasteiger partial charge in [0.1, 0.15) is 12.4 Å². The van der Waals surface area contributed by atoms with Gasteiger partial charge in [-0.3, -0.25) is 0 Å². The number of alkyl halides is 3. The van der Waals surface area contributed by atoms with E-state index in [0.29, 0.717) is 12.4 Å². The first-order chi connectivity index (χ1) is 10.9. The SMILES string of the molecule is C=C(OC(=O)c1ccc(OCc2ccccc2)cc1)C(F)(F)F. The fourth-order valence-electron chi connectivity index (χ4n) is 1.66. The van der Waals surface area contributed by atoms with Crippen LogP contribution in [0.1, 0.15) is 15.9 Å². The number of ether oxygens (including phenoxy) is 2. The van der Waals surface area contributed by atoms with E-state index in [1.54, 1.807) is 0 Å². The van der Waals surface area contributed by atoms with E-state index in [4.69, 9.17) is 4.74 Å². The molecule has 2 aromatic rings. The molecule has 0 saturated heterocycles.